The van der Waals surface area contributed by atoms with Crippen molar-refractivity contribution in [1.82, 2.24) is 0 Å². The lowest BCUT2D eigenvalue weighted by molar-refractivity contribution is 0.289. The molecular weight excluding hydrogens is 344 g/mol. The standard InChI is InChI=1S/C17H10F4O2S/c18-13(19)7-22-11-5-3-9-10-4-6-12(23-8-1-2-8)15(21)17(10)24-16(9)14(11)20/h3-8H,1-2H2. The maximum Gasteiger partial charge on any atom is 0.305 e. The Hall–Kier alpha value is -2.28. The van der Waals surface area contributed by atoms with Crippen molar-refractivity contribution in [2.45, 2.75) is 18.9 Å². The third-order valence-electron chi connectivity index (χ3n) is 3.71. The maximum atomic E-state index is 14.6. The van der Waals surface area contributed by atoms with Gasteiger partial charge in [-0.05, 0) is 37.1 Å². The normalized spacial score (nSPS) is 14.2. The molecule has 0 bridgehead atoms. The summed E-state index contributed by atoms with van der Waals surface area (Å²) in [7, 11) is 0. The highest BCUT2D eigenvalue weighted by Gasteiger charge is 2.26. The summed E-state index contributed by atoms with van der Waals surface area (Å²) in [6.45, 7) is 0. The molecule has 7 heteroatoms. The van der Waals surface area contributed by atoms with Gasteiger partial charge in [0.1, 0.15) is 0 Å². The molecule has 1 heterocycles. The first-order chi connectivity index (χ1) is 11.5. The second-order valence-electron chi connectivity index (χ2n) is 5.45. The topological polar surface area (TPSA) is 18.5 Å². The Labute approximate surface area is 137 Å². The van der Waals surface area contributed by atoms with E-state index in [0.717, 1.165) is 24.2 Å². The lowest BCUT2D eigenvalue weighted by atomic mass is 10.1. The van der Waals surface area contributed by atoms with Crippen LogP contribution in [0.2, 0.25) is 0 Å². The number of hydrogen-bond donors (Lipinski definition) is 0. The summed E-state index contributed by atoms with van der Waals surface area (Å²) < 4.78 is 63.8. The van der Waals surface area contributed by atoms with Gasteiger partial charge in [-0.2, -0.15) is 8.78 Å². The predicted molar refractivity (Wildman–Crippen MR) is 83.8 cm³/mol. The molecule has 0 atom stereocenters. The van der Waals surface area contributed by atoms with Crippen LogP contribution >= 0.6 is 11.3 Å². The van der Waals surface area contributed by atoms with E-state index in [2.05, 4.69) is 4.74 Å². The van der Waals surface area contributed by atoms with Crippen molar-refractivity contribution in [2.75, 3.05) is 0 Å². The molecule has 0 spiro atoms. The van der Waals surface area contributed by atoms with E-state index >= 15 is 0 Å². The van der Waals surface area contributed by atoms with Gasteiger partial charge >= 0.3 is 6.08 Å². The van der Waals surface area contributed by atoms with Gasteiger partial charge in [0.15, 0.2) is 29.4 Å². The van der Waals surface area contributed by atoms with Crippen LogP contribution in [0, 0.1) is 11.6 Å². The van der Waals surface area contributed by atoms with Gasteiger partial charge in [0.2, 0.25) is 0 Å². The quantitative estimate of drug-likeness (QED) is 0.423. The molecule has 0 amide bonds. The zero-order valence-electron chi connectivity index (χ0n) is 12.1. The van der Waals surface area contributed by atoms with Crippen LogP contribution in [0.25, 0.3) is 20.2 Å². The van der Waals surface area contributed by atoms with E-state index in [1.165, 1.54) is 18.2 Å². The van der Waals surface area contributed by atoms with Crippen molar-refractivity contribution in [1.29, 1.82) is 0 Å². The molecule has 0 unspecified atom stereocenters. The summed E-state index contributed by atoms with van der Waals surface area (Å²) in [6, 6.07) is 5.98. The zero-order chi connectivity index (χ0) is 16.8. The molecule has 24 heavy (non-hydrogen) atoms. The van der Waals surface area contributed by atoms with Crippen molar-refractivity contribution in [2.24, 2.45) is 0 Å². The highest BCUT2D eigenvalue weighted by atomic mass is 32.1. The van der Waals surface area contributed by atoms with Gasteiger partial charge in [-0.25, -0.2) is 8.78 Å². The molecule has 1 saturated carbocycles. The number of halogens is 4. The predicted octanol–water partition coefficient (Wildman–Crippen LogP) is 5.99. The SMILES string of the molecule is FC(F)=COc1ccc2c(sc3c(F)c(OC4CC4)ccc32)c1F. The Balaban J connectivity index is 1.85. The summed E-state index contributed by atoms with van der Waals surface area (Å²) >= 11 is 0.907. The van der Waals surface area contributed by atoms with Crippen LogP contribution in [0.1, 0.15) is 12.8 Å². The number of benzene rings is 2. The number of ether oxygens (including phenoxy) is 2. The lowest BCUT2D eigenvalue weighted by Gasteiger charge is -2.05. The minimum atomic E-state index is -2.07. The van der Waals surface area contributed by atoms with Crippen molar-refractivity contribution in [3.63, 3.8) is 0 Å². The highest BCUT2D eigenvalue weighted by molar-refractivity contribution is 7.25. The number of thiophene rings is 1. The van der Waals surface area contributed by atoms with E-state index in [-0.39, 0.29) is 33.3 Å². The van der Waals surface area contributed by atoms with Crippen LogP contribution in [0.4, 0.5) is 17.6 Å². The van der Waals surface area contributed by atoms with Crippen LogP contribution < -0.4 is 9.47 Å². The fraction of sp³-hybridized carbons (Fsp3) is 0.176. The molecule has 124 valence electrons. The average Bonchev–Trinajstić information content (AvgIpc) is 3.28. The van der Waals surface area contributed by atoms with Crippen LogP contribution in [-0.4, -0.2) is 6.10 Å². The van der Waals surface area contributed by atoms with Crippen molar-refractivity contribution in [3.05, 3.63) is 48.2 Å². The van der Waals surface area contributed by atoms with E-state index in [9.17, 15) is 17.6 Å². The fourth-order valence-electron chi connectivity index (χ4n) is 2.46. The molecule has 4 rings (SSSR count). The minimum absolute atomic E-state index is 0.0467. The summed E-state index contributed by atoms with van der Waals surface area (Å²) in [5.41, 5.74) is 0. The molecular formula is C17H10F4O2S. The van der Waals surface area contributed by atoms with Gasteiger partial charge in [-0.1, -0.05) is 0 Å². The summed E-state index contributed by atoms with van der Waals surface area (Å²) in [5, 5.41) is 1.05. The Kier molecular flexibility index (Phi) is 3.60. The van der Waals surface area contributed by atoms with E-state index in [4.69, 9.17) is 4.74 Å². The molecule has 2 nitrogen and oxygen atoms in total. The van der Waals surface area contributed by atoms with E-state index in [0.29, 0.717) is 10.8 Å². The monoisotopic (exact) mass is 354 g/mol. The van der Waals surface area contributed by atoms with E-state index in [1.807, 2.05) is 0 Å². The third-order valence-corrected chi connectivity index (χ3v) is 4.92. The highest BCUT2D eigenvalue weighted by Crippen LogP contribution is 2.42. The van der Waals surface area contributed by atoms with Gasteiger partial charge in [-0.3, -0.25) is 0 Å². The number of rotatable bonds is 4. The number of hydrogen-bond acceptors (Lipinski definition) is 3. The maximum absolute atomic E-state index is 14.6. The van der Waals surface area contributed by atoms with Crippen molar-refractivity contribution < 1.29 is 27.0 Å². The van der Waals surface area contributed by atoms with E-state index in [1.54, 1.807) is 6.07 Å². The summed E-state index contributed by atoms with van der Waals surface area (Å²) in [4.78, 5) is 0. The fourth-order valence-corrected chi connectivity index (χ4v) is 3.62. The molecule has 0 N–H and O–H groups in total. The van der Waals surface area contributed by atoms with Gasteiger partial charge in [0.05, 0.1) is 15.5 Å². The second-order valence-corrected chi connectivity index (χ2v) is 6.47. The minimum Gasteiger partial charge on any atom is -0.487 e. The molecule has 1 aromatic heterocycles. The van der Waals surface area contributed by atoms with Crippen molar-refractivity contribution in [3.8, 4) is 11.5 Å². The Morgan fingerprint density at radius 1 is 0.958 bits per heavy atom. The van der Waals surface area contributed by atoms with Crippen LogP contribution in [0.5, 0.6) is 11.5 Å². The van der Waals surface area contributed by atoms with Gasteiger partial charge in [0, 0.05) is 10.8 Å². The van der Waals surface area contributed by atoms with Crippen LogP contribution in [0.3, 0.4) is 0 Å². The first-order valence-corrected chi connectivity index (χ1v) is 8.04. The van der Waals surface area contributed by atoms with E-state index < -0.39 is 17.7 Å². The van der Waals surface area contributed by atoms with Crippen molar-refractivity contribution >= 4 is 31.5 Å². The molecule has 1 fully saturated rings. The Morgan fingerprint density at radius 3 is 2.12 bits per heavy atom. The summed E-state index contributed by atoms with van der Waals surface area (Å²) in [5.74, 6) is -1.51. The molecule has 0 radical (unpaired) electrons. The van der Waals surface area contributed by atoms with Crippen LogP contribution in [0.15, 0.2) is 36.6 Å². The molecule has 2 aromatic carbocycles. The molecule has 1 aliphatic rings. The Bertz CT molecular complexity index is 972. The second kappa shape index (κ2) is 5.66. The molecule has 3 aromatic rings. The zero-order valence-corrected chi connectivity index (χ0v) is 12.9. The summed E-state index contributed by atoms with van der Waals surface area (Å²) in [6.07, 6.45) is -0.0562. The Morgan fingerprint density at radius 2 is 1.54 bits per heavy atom. The van der Waals surface area contributed by atoms with Gasteiger partial charge < -0.3 is 9.47 Å². The van der Waals surface area contributed by atoms with Gasteiger partial charge in [-0.15, -0.1) is 11.3 Å². The molecule has 1 aliphatic carbocycles. The van der Waals surface area contributed by atoms with Gasteiger partial charge in [0.25, 0.3) is 0 Å². The molecule has 0 saturated heterocycles. The largest absolute Gasteiger partial charge is 0.487 e. The number of fused-ring (bicyclic) bond motifs is 3. The first-order valence-electron chi connectivity index (χ1n) is 7.22. The third kappa shape index (κ3) is 2.58. The lowest BCUT2D eigenvalue weighted by Crippen LogP contribution is -1.97. The molecule has 0 aliphatic heterocycles. The smallest absolute Gasteiger partial charge is 0.305 e. The van der Waals surface area contributed by atoms with Crippen LogP contribution in [-0.2, 0) is 0 Å². The average molecular weight is 354 g/mol. The first kappa shape index (κ1) is 15.3.